The van der Waals surface area contributed by atoms with E-state index in [0.717, 1.165) is 53.7 Å². The Morgan fingerprint density at radius 3 is 2.96 bits per heavy atom. The minimum absolute atomic E-state index is 0.106. The lowest BCUT2D eigenvalue weighted by Crippen LogP contribution is -2.29. The molecule has 1 N–H and O–H groups in total. The topological polar surface area (TPSA) is 72.2 Å². The molecule has 0 spiro atoms. The summed E-state index contributed by atoms with van der Waals surface area (Å²) in [7, 11) is 0. The lowest BCUT2D eigenvalue weighted by Gasteiger charge is -2.24. The minimum Gasteiger partial charge on any atom is -0.317 e. The van der Waals surface area contributed by atoms with E-state index in [1.54, 1.807) is 23.6 Å². The number of aromatic nitrogens is 3. The number of nitrogens with zero attached hydrogens (tertiary/aromatic N) is 4. The zero-order chi connectivity index (χ0) is 16.8. The maximum atomic E-state index is 12.3. The molecule has 6 nitrogen and oxygen atoms in total. The van der Waals surface area contributed by atoms with Crippen molar-refractivity contribution in [3.8, 4) is 0 Å². The van der Waals surface area contributed by atoms with Gasteiger partial charge in [0.1, 0.15) is 10.8 Å². The average molecular weight is 351 g/mol. The Bertz CT molecular complexity index is 964. The van der Waals surface area contributed by atoms with E-state index in [1.165, 1.54) is 0 Å². The first-order valence-electron chi connectivity index (χ1n) is 8.53. The summed E-state index contributed by atoms with van der Waals surface area (Å²) in [6.45, 7) is 1.95. The van der Waals surface area contributed by atoms with Gasteiger partial charge in [-0.1, -0.05) is 12.2 Å². The van der Waals surface area contributed by atoms with Gasteiger partial charge < -0.3 is 5.32 Å². The number of fused-ring (bicyclic) bond motifs is 3. The van der Waals surface area contributed by atoms with E-state index in [1.807, 2.05) is 22.2 Å². The molecule has 1 saturated heterocycles. The first-order chi connectivity index (χ1) is 12.3. The van der Waals surface area contributed by atoms with E-state index in [0.29, 0.717) is 5.92 Å². The van der Waals surface area contributed by atoms with Crippen LogP contribution in [-0.2, 0) is 0 Å². The molecule has 7 heteroatoms. The fraction of sp³-hybridized carbons (Fsp3) is 0.333. The van der Waals surface area contributed by atoms with E-state index in [9.17, 15) is 4.79 Å². The molecule has 2 aromatic rings. The van der Waals surface area contributed by atoms with Crippen LogP contribution >= 0.6 is 11.3 Å². The van der Waals surface area contributed by atoms with Crippen LogP contribution in [-0.4, -0.2) is 33.4 Å². The minimum atomic E-state index is -0.177. The van der Waals surface area contributed by atoms with Crippen molar-refractivity contribution < 1.29 is 0 Å². The molecule has 4 heterocycles. The van der Waals surface area contributed by atoms with Crippen LogP contribution < -0.4 is 10.9 Å². The highest BCUT2D eigenvalue weighted by Crippen LogP contribution is 2.40. The Kier molecular flexibility index (Phi) is 3.50. The summed E-state index contributed by atoms with van der Waals surface area (Å²) >= 11 is 1.60. The molecule has 0 radical (unpaired) electrons. The third kappa shape index (κ3) is 2.42. The summed E-state index contributed by atoms with van der Waals surface area (Å²) in [5, 5.41) is 11.1. The highest BCUT2D eigenvalue weighted by Gasteiger charge is 2.36. The van der Waals surface area contributed by atoms with Crippen LogP contribution in [0.15, 0.2) is 45.8 Å². The van der Waals surface area contributed by atoms with E-state index in [2.05, 4.69) is 21.4 Å². The van der Waals surface area contributed by atoms with Crippen LogP contribution in [0, 0.1) is 0 Å². The van der Waals surface area contributed by atoms with Gasteiger partial charge in [0.05, 0.1) is 17.3 Å². The molecule has 0 amide bonds. The predicted octanol–water partition coefficient (Wildman–Crippen LogP) is 2.12. The van der Waals surface area contributed by atoms with Gasteiger partial charge in [-0.25, -0.2) is 9.66 Å². The first-order valence-corrected chi connectivity index (χ1v) is 9.41. The van der Waals surface area contributed by atoms with Gasteiger partial charge >= 0.3 is 0 Å². The highest BCUT2D eigenvalue weighted by atomic mass is 32.1. The molecule has 25 heavy (non-hydrogen) atoms. The third-order valence-electron chi connectivity index (χ3n) is 5.02. The molecule has 5 rings (SSSR count). The molecule has 0 saturated carbocycles. The number of hydrogen-bond donors (Lipinski definition) is 1. The molecule has 0 bridgehead atoms. The molecular weight excluding hydrogens is 334 g/mol. The van der Waals surface area contributed by atoms with Crippen molar-refractivity contribution in [1.82, 2.24) is 20.0 Å². The summed E-state index contributed by atoms with van der Waals surface area (Å²) in [5.74, 6) is 0.962. The molecule has 0 aromatic carbocycles. The van der Waals surface area contributed by atoms with Crippen LogP contribution in [0.4, 0.5) is 0 Å². The largest absolute Gasteiger partial charge is 0.317 e. The Morgan fingerprint density at radius 1 is 1.28 bits per heavy atom. The molecule has 1 atom stereocenters. The average Bonchev–Trinajstić information content (AvgIpc) is 3.29. The summed E-state index contributed by atoms with van der Waals surface area (Å²) in [5.41, 5.74) is 2.81. The van der Waals surface area contributed by atoms with Gasteiger partial charge in [-0.3, -0.25) is 4.79 Å². The third-order valence-corrected chi connectivity index (χ3v) is 5.84. The van der Waals surface area contributed by atoms with Gasteiger partial charge in [0.15, 0.2) is 0 Å². The predicted molar refractivity (Wildman–Crippen MR) is 98.1 cm³/mol. The quantitative estimate of drug-likeness (QED) is 0.900. The van der Waals surface area contributed by atoms with Crippen molar-refractivity contribution >= 4 is 22.6 Å². The first kappa shape index (κ1) is 14.9. The number of nitrogens with one attached hydrogen (secondary N) is 1. The summed E-state index contributed by atoms with van der Waals surface area (Å²) < 4.78 is 1.91. The second kappa shape index (κ2) is 5.86. The van der Waals surface area contributed by atoms with E-state index in [4.69, 9.17) is 5.10 Å². The van der Waals surface area contributed by atoms with Crippen LogP contribution in [0.1, 0.15) is 41.2 Å². The Balaban J connectivity index is 1.65. The Morgan fingerprint density at radius 2 is 2.16 bits per heavy atom. The number of allylic oxidation sites excluding steroid dienone is 4. The van der Waals surface area contributed by atoms with Gasteiger partial charge in [-0.05, 0) is 32.0 Å². The molecule has 2 aromatic heterocycles. The molecule has 1 aliphatic carbocycles. The second-order valence-corrected chi connectivity index (χ2v) is 7.38. The Hall–Kier alpha value is -2.38. The standard InChI is InChI=1S/C18H17N5OS/c24-15-10-14(11-4-6-19-7-5-11)23-17(21-15)16-12(18-20-8-9-25-18)2-1-3-13(16)22-23/h1-3,8-11,16,19H,4-7H2. The zero-order valence-corrected chi connectivity index (χ0v) is 14.4. The van der Waals surface area contributed by atoms with Crippen molar-refractivity contribution in [2.45, 2.75) is 24.7 Å². The normalized spacial score (nSPS) is 22.3. The summed E-state index contributed by atoms with van der Waals surface area (Å²) in [4.78, 5) is 21.1. The summed E-state index contributed by atoms with van der Waals surface area (Å²) in [6.07, 6.45) is 9.90. The lowest BCUT2D eigenvalue weighted by molar-refractivity contribution is 0.439. The molecule has 2 aliphatic heterocycles. The van der Waals surface area contributed by atoms with E-state index in [-0.39, 0.29) is 11.5 Å². The van der Waals surface area contributed by atoms with Crippen molar-refractivity contribution in [3.63, 3.8) is 0 Å². The number of rotatable bonds is 2. The smallest absolute Gasteiger partial charge is 0.273 e. The lowest BCUT2D eigenvalue weighted by atomic mass is 9.89. The fourth-order valence-electron chi connectivity index (χ4n) is 3.86. The SMILES string of the molecule is O=c1cc(C2CCNCC2)n2c(n1)C1C(c3nccs3)=CC=CC1=N2. The number of piperidine rings is 1. The van der Waals surface area contributed by atoms with Crippen LogP contribution in [0.3, 0.4) is 0 Å². The Labute approximate surface area is 148 Å². The van der Waals surface area contributed by atoms with Gasteiger partial charge in [0, 0.05) is 29.1 Å². The molecule has 1 fully saturated rings. The van der Waals surface area contributed by atoms with Gasteiger partial charge in [0.25, 0.3) is 5.56 Å². The monoisotopic (exact) mass is 351 g/mol. The number of hydrogen-bond acceptors (Lipinski definition) is 6. The van der Waals surface area contributed by atoms with Gasteiger partial charge in [0.2, 0.25) is 0 Å². The van der Waals surface area contributed by atoms with Crippen molar-refractivity contribution in [3.05, 3.63) is 62.8 Å². The maximum absolute atomic E-state index is 12.3. The maximum Gasteiger partial charge on any atom is 0.273 e. The second-order valence-electron chi connectivity index (χ2n) is 6.49. The van der Waals surface area contributed by atoms with E-state index < -0.39 is 0 Å². The molecule has 1 unspecified atom stereocenters. The van der Waals surface area contributed by atoms with Crippen LogP contribution in [0.2, 0.25) is 0 Å². The van der Waals surface area contributed by atoms with Crippen LogP contribution in [0.5, 0.6) is 0 Å². The van der Waals surface area contributed by atoms with Gasteiger partial charge in [-0.15, -0.1) is 11.3 Å². The van der Waals surface area contributed by atoms with Crippen molar-refractivity contribution in [1.29, 1.82) is 0 Å². The zero-order valence-electron chi connectivity index (χ0n) is 13.6. The van der Waals surface area contributed by atoms with Crippen molar-refractivity contribution in [2.24, 2.45) is 5.10 Å². The molecule has 3 aliphatic rings. The van der Waals surface area contributed by atoms with Gasteiger partial charge in [-0.2, -0.15) is 10.1 Å². The van der Waals surface area contributed by atoms with E-state index >= 15 is 0 Å². The van der Waals surface area contributed by atoms with Crippen LogP contribution in [0.25, 0.3) is 5.57 Å². The molecular formula is C18H17N5OS. The summed E-state index contributed by atoms with van der Waals surface area (Å²) in [6, 6.07) is 1.66. The highest BCUT2D eigenvalue weighted by molar-refractivity contribution is 7.10. The van der Waals surface area contributed by atoms with Crippen molar-refractivity contribution in [2.75, 3.05) is 13.1 Å². The number of thiazole rings is 1. The fourth-order valence-corrected chi connectivity index (χ4v) is 4.55. The molecule has 126 valence electrons.